The molecule has 0 saturated heterocycles. The lowest BCUT2D eigenvalue weighted by Gasteiger charge is -2.21. The maximum Gasteiger partial charge on any atom is 0.355 e. The van der Waals surface area contributed by atoms with Gasteiger partial charge in [0.1, 0.15) is 6.33 Å². The molecule has 1 aromatic carbocycles. The first kappa shape index (κ1) is 21.5. The molecule has 0 fully saturated rings. The molecule has 0 spiro atoms. The van der Waals surface area contributed by atoms with Crippen molar-refractivity contribution < 1.29 is 9.72 Å². The Labute approximate surface area is 174 Å². The number of anilines is 2. The van der Waals surface area contributed by atoms with Crippen LogP contribution in [0.1, 0.15) is 23.2 Å². The van der Waals surface area contributed by atoms with Gasteiger partial charge in [-0.1, -0.05) is 12.1 Å². The molecular formula is C17H15BrN8O3. The fourth-order valence-corrected chi connectivity index (χ4v) is 2.85. The zero-order valence-electron chi connectivity index (χ0n) is 15.0. The second-order valence-electron chi connectivity index (χ2n) is 5.51. The minimum atomic E-state index is -0.687. The number of rotatable bonds is 9. The molecule has 0 unspecified atom stereocenters. The Bertz CT molecular complexity index is 967. The number of nitriles is 2. The summed E-state index contributed by atoms with van der Waals surface area (Å²) in [6, 6.07) is 10.6. The van der Waals surface area contributed by atoms with Crippen LogP contribution in [0.25, 0.3) is 0 Å². The molecule has 1 aromatic heterocycles. The molecule has 2 aromatic rings. The van der Waals surface area contributed by atoms with Gasteiger partial charge in [-0.05, 0) is 28.1 Å². The summed E-state index contributed by atoms with van der Waals surface area (Å²) in [4.78, 5) is 32.6. The van der Waals surface area contributed by atoms with Crippen LogP contribution in [0.3, 0.4) is 0 Å². The van der Waals surface area contributed by atoms with Crippen molar-refractivity contribution in [2.24, 2.45) is 0 Å². The third-order valence-corrected chi connectivity index (χ3v) is 4.38. The van der Waals surface area contributed by atoms with Gasteiger partial charge in [-0.25, -0.2) is 9.97 Å². The molecule has 29 heavy (non-hydrogen) atoms. The van der Waals surface area contributed by atoms with Gasteiger partial charge in [-0.3, -0.25) is 25.8 Å². The molecular weight excluding hydrogens is 444 g/mol. The molecule has 0 radical (unpaired) electrons. The SMILES string of the molecule is N#CCCN(CCC#N)c1ncnc(NNC(=O)c2ccccc2Br)c1[N+](=O)[O-]. The minimum Gasteiger partial charge on any atom is -0.349 e. The third kappa shape index (κ3) is 5.60. The highest BCUT2D eigenvalue weighted by molar-refractivity contribution is 9.10. The molecule has 12 heteroatoms. The van der Waals surface area contributed by atoms with Crippen LogP contribution < -0.4 is 15.8 Å². The summed E-state index contributed by atoms with van der Waals surface area (Å²) in [5.41, 5.74) is 4.67. The lowest BCUT2D eigenvalue weighted by atomic mass is 10.2. The Morgan fingerprint density at radius 2 is 1.86 bits per heavy atom. The molecule has 1 heterocycles. The first-order valence-electron chi connectivity index (χ1n) is 8.28. The average Bonchev–Trinajstić information content (AvgIpc) is 2.72. The van der Waals surface area contributed by atoms with Crippen LogP contribution in [0, 0.1) is 32.8 Å². The molecule has 11 nitrogen and oxygen atoms in total. The van der Waals surface area contributed by atoms with Gasteiger partial charge >= 0.3 is 5.69 Å². The summed E-state index contributed by atoms with van der Waals surface area (Å²) in [5.74, 6) is -0.801. The predicted molar refractivity (Wildman–Crippen MR) is 107 cm³/mol. The van der Waals surface area contributed by atoms with Crippen LogP contribution in [0.15, 0.2) is 35.1 Å². The van der Waals surface area contributed by atoms with Crippen molar-refractivity contribution in [3.05, 3.63) is 50.7 Å². The van der Waals surface area contributed by atoms with E-state index in [4.69, 9.17) is 10.5 Å². The van der Waals surface area contributed by atoms with E-state index in [0.29, 0.717) is 10.0 Å². The van der Waals surface area contributed by atoms with E-state index in [2.05, 4.69) is 36.7 Å². The monoisotopic (exact) mass is 458 g/mol. The van der Waals surface area contributed by atoms with Gasteiger partial charge in [0, 0.05) is 17.6 Å². The molecule has 0 aliphatic carbocycles. The Morgan fingerprint density at radius 3 is 2.45 bits per heavy atom. The quantitative estimate of drug-likeness (QED) is 0.424. The van der Waals surface area contributed by atoms with Crippen LogP contribution in [0.5, 0.6) is 0 Å². The Balaban J connectivity index is 2.30. The normalized spacial score (nSPS) is 9.76. The van der Waals surface area contributed by atoms with Crippen molar-refractivity contribution >= 4 is 39.2 Å². The number of aromatic nitrogens is 2. The van der Waals surface area contributed by atoms with E-state index in [-0.39, 0.29) is 37.6 Å². The highest BCUT2D eigenvalue weighted by atomic mass is 79.9. The molecule has 148 valence electrons. The van der Waals surface area contributed by atoms with Crippen LogP contribution in [-0.2, 0) is 0 Å². The largest absolute Gasteiger partial charge is 0.355 e. The smallest absolute Gasteiger partial charge is 0.349 e. The number of hydrogen-bond donors (Lipinski definition) is 2. The minimum absolute atomic E-state index is 0.0480. The number of nitrogens with zero attached hydrogens (tertiary/aromatic N) is 6. The number of amides is 1. The zero-order chi connectivity index (χ0) is 21.2. The van der Waals surface area contributed by atoms with Gasteiger partial charge < -0.3 is 4.90 Å². The Kier molecular flexibility index (Phi) is 7.82. The van der Waals surface area contributed by atoms with Crippen LogP contribution in [0.2, 0.25) is 0 Å². The summed E-state index contributed by atoms with van der Waals surface area (Å²) in [5, 5.41) is 29.3. The van der Waals surface area contributed by atoms with Gasteiger partial charge in [0.15, 0.2) is 0 Å². The Morgan fingerprint density at radius 1 is 1.21 bits per heavy atom. The topological polar surface area (TPSA) is 161 Å². The number of carbonyl (C=O) groups is 1. The first-order valence-corrected chi connectivity index (χ1v) is 9.08. The van der Waals surface area contributed by atoms with E-state index >= 15 is 0 Å². The average molecular weight is 459 g/mol. The van der Waals surface area contributed by atoms with E-state index in [1.807, 2.05) is 12.1 Å². The molecule has 1 amide bonds. The van der Waals surface area contributed by atoms with E-state index in [1.54, 1.807) is 24.3 Å². The van der Waals surface area contributed by atoms with E-state index < -0.39 is 16.5 Å². The van der Waals surface area contributed by atoms with Crippen molar-refractivity contribution in [1.82, 2.24) is 15.4 Å². The predicted octanol–water partition coefficient (Wildman–Crippen LogP) is 2.54. The summed E-state index contributed by atoms with van der Waals surface area (Å²) >= 11 is 3.26. The van der Waals surface area contributed by atoms with Gasteiger partial charge in [0.05, 0.1) is 35.5 Å². The number of nitrogens with one attached hydrogen (secondary N) is 2. The standard InChI is InChI=1S/C17H15BrN8O3/c18-13-6-2-1-5-12(13)17(27)24-23-15-14(26(28)29)16(22-11-21-15)25(9-3-7-19)10-4-8-20/h1-2,5-6,11H,3-4,9-10H2,(H,24,27)(H,21,22,23). The molecule has 2 rings (SSSR count). The van der Waals surface area contributed by atoms with Crippen molar-refractivity contribution in [3.63, 3.8) is 0 Å². The number of carbonyl (C=O) groups excluding carboxylic acids is 1. The lowest BCUT2D eigenvalue weighted by molar-refractivity contribution is -0.383. The number of halogens is 1. The summed E-state index contributed by atoms with van der Waals surface area (Å²) in [6.45, 7) is 0.303. The number of benzene rings is 1. The summed E-state index contributed by atoms with van der Waals surface area (Å²) in [7, 11) is 0. The number of nitro groups is 1. The van der Waals surface area contributed by atoms with E-state index in [0.717, 1.165) is 6.33 Å². The van der Waals surface area contributed by atoms with Crippen molar-refractivity contribution in [1.29, 1.82) is 10.5 Å². The maximum atomic E-state index is 12.3. The fourth-order valence-electron chi connectivity index (χ4n) is 2.38. The number of hydrogen-bond acceptors (Lipinski definition) is 9. The summed E-state index contributed by atoms with van der Waals surface area (Å²) in [6.07, 6.45) is 1.28. The lowest BCUT2D eigenvalue weighted by Crippen LogP contribution is -2.32. The van der Waals surface area contributed by atoms with Crippen LogP contribution >= 0.6 is 15.9 Å². The Hall–Kier alpha value is -3.77. The van der Waals surface area contributed by atoms with Crippen molar-refractivity contribution in [2.75, 3.05) is 23.4 Å². The van der Waals surface area contributed by atoms with Gasteiger partial charge in [-0.15, -0.1) is 0 Å². The fraction of sp³-hybridized carbons (Fsp3) is 0.235. The second kappa shape index (κ2) is 10.5. The first-order chi connectivity index (χ1) is 14.0. The third-order valence-electron chi connectivity index (χ3n) is 3.69. The van der Waals surface area contributed by atoms with Gasteiger partial charge in [0.2, 0.25) is 11.6 Å². The van der Waals surface area contributed by atoms with Crippen molar-refractivity contribution in [2.45, 2.75) is 12.8 Å². The second-order valence-corrected chi connectivity index (χ2v) is 6.37. The van der Waals surface area contributed by atoms with E-state index in [9.17, 15) is 14.9 Å². The number of hydrazine groups is 1. The molecule has 2 N–H and O–H groups in total. The maximum absolute atomic E-state index is 12.3. The van der Waals surface area contributed by atoms with Gasteiger partial charge in [-0.2, -0.15) is 10.5 Å². The van der Waals surface area contributed by atoms with E-state index in [1.165, 1.54) is 4.90 Å². The molecule has 0 saturated carbocycles. The van der Waals surface area contributed by atoms with Crippen LogP contribution in [0.4, 0.5) is 17.3 Å². The molecule has 0 bridgehead atoms. The zero-order valence-corrected chi connectivity index (χ0v) is 16.6. The van der Waals surface area contributed by atoms with Gasteiger partial charge in [0.25, 0.3) is 5.91 Å². The molecule has 0 aliphatic heterocycles. The molecule has 0 atom stereocenters. The van der Waals surface area contributed by atoms with Crippen molar-refractivity contribution in [3.8, 4) is 12.1 Å². The molecule has 0 aliphatic rings. The summed E-state index contributed by atoms with van der Waals surface area (Å²) < 4.78 is 0.552. The van der Waals surface area contributed by atoms with Crippen LogP contribution in [-0.4, -0.2) is 33.9 Å². The highest BCUT2D eigenvalue weighted by Crippen LogP contribution is 2.31. The highest BCUT2D eigenvalue weighted by Gasteiger charge is 2.27.